The van der Waals surface area contributed by atoms with Gasteiger partial charge >= 0.3 is 0 Å². The zero-order valence-electron chi connectivity index (χ0n) is 10.3. The van der Waals surface area contributed by atoms with Crippen molar-refractivity contribution in [3.05, 3.63) is 0 Å². The molecule has 2 N–H and O–H groups in total. The molecule has 0 aromatic rings. The van der Waals surface area contributed by atoms with Crippen LogP contribution in [0.25, 0.3) is 0 Å². The van der Waals surface area contributed by atoms with Crippen LogP contribution < -0.4 is 5.73 Å². The Hall–Kier alpha value is -0.0800. The third kappa shape index (κ3) is 2.54. The Balaban J connectivity index is 1.96. The van der Waals surface area contributed by atoms with Crippen molar-refractivity contribution in [2.24, 2.45) is 11.7 Å². The summed E-state index contributed by atoms with van der Waals surface area (Å²) in [6.45, 7) is 6.12. The molecule has 1 saturated heterocycles. The molecule has 0 aromatic heterocycles. The van der Waals surface area contributed by atoms with Crippen molar-refractivity contribution in [2.45, 2.75) is 70.5 Å². The molecule has 0 radical (unpaired) electrons. The highest BCUT2D eigenvalue weighted by Gasteiger charge is 2.32. The highest BCUT2D eigenvalue weighted by molar-refractivity contribution is 4.88. The summed E-state index contributed by atoms with van der Waals surface area (Å²) >= 11 is 0. The van der Waals surface area contributed by atoms with Crippen molar-refractivity contribution in [3.8, 4) is 0 Å². The molecule has 0 aromatic carbocycles. The zero-order chi connectivity index (χ0) is 10.8. The van der Waals surface area contributed by atoms with Crippen LogP contribution in [0, 0.1) is 5.92 Å². The lowest BCUT2D eigenvalue weighted by Gasteiger charge is -2.45. The molecule has 88 valence electrons. The molecular weight excluding hydrogens is 184 g/mol. The topological polar surface area (TPSA) is 29.3 Å². The molecule has 1 aliphatic carbocycles. The summed E-state index contributed by atoms with van der Waals surface area (Å²) in [4.78, 5) is 2.74. The van der Waals surface area contributed by atoms with Gasteiger partial charge in [-0.2, -0.15) is 0 Å². The van der Waals surface area contributed by atoms with Gasteiger partial charge in [-0.15, -0.1) is 0 Å². The van der Waals surface area contributed by atoms with Gasteiger partial charge in [-0.25, -0.2) is 0 Å². The fraction of sp³-hybridized carbons (Fsp3) is 1.00. The van der Waals surface area contributed by atoms with Crippen LogP contribution in [0.5, 0.6) is 0 Å². The first-order valence-electron chi connectivity index (χ1n) is 6.70. The summed E-state index contributed by atoms with van der Waals surface area (Å²) in [5, 5.41) is 0. The highest BCUT2D eigenvalue weighted by Crippen LogP contribution is 2.30. The Morgan fingerprint density at radius 1 is 1.07 bits per heavy atom. The van der Waals surface area contributed by atoms with Gasteiger partial charge in [0.2, 0.25) is 0 Å². The summed E-state index contributed by atoms with van der Waals surface area (Å²) in [6, 6.07) is 2.02. The number of likely N-dealkylation sites (tertiary alicyclic amines) is 1. The summed E-state index contributed by atoms with van der Waals surface area (Å²) in [5.41, 5.74) is 6.09. The van der Waals surface area contributed by atoms with E-state index in [4.69, 9.17) is 5.73 Å². The molecule has 2 fully saturated rings. The molecule has 1 heterocycles. The second kappa shape index (κ2) is 4.84. The lowest BCUT2D eigenvalue weighted by atomic mass is 9.85. The largest absolute Gasteiger partial charge is 0.328 e. The van der Waals surface area contributed by atoms with E-state index in [2.05, 4.69) is 18.7 Å². The van der Waals surface area contributed by atoms with Crippen molar-refractivity contribution in [1.82, 2.24) is 4.90 Å². The molecule has 15 heavy (non-hydrogen) atoms. The van der Waals surface area contributed by atoms with E-state index in [-0.39, 0.29) is 0 Å². The van der Waals surface area contributed by atoms with E-state index >= 15 is 0 Å². The second-order valence-electron chi connectivity index (χ2n) is 5.68. The average molecular weight is 210 g/mol. The van der Waals surface area contributed by atoms with Crippen LogP contribution in [0.15, 0.2) is 0 Å². The van der Waals surface area contributed by atoms with Crippen LogP contribution in [0.1, 0.15) is 52.4 Å². The molecule has 0 amide bonds. The summed E-state index contributed by atoms with van der Waals surface area (Å²) in [5.74, 6) is 0.872. The molecule has 1 aliphatic heterocycles. The monoisotopic (exact) mass is 210 g/mol. The Bertz CT molecular complexity index is 205. The smallest absolute Gasteiger partial charge is 0.0113 e. The van der Waals surface area contributed by atoms with E-state index in [1.165, 1.54) is 45.1 Å². The quantitative estimate of drug-likeness (QED) is 0.720. The minimum absolute atomic E-state index is 0.466. The maximum Gasteiger partial charge on any atom is 0.0113 e. The molecule has 4 atom stereocenters. The molecule has 1 saturated carbocycles. The zero-order valence-corrected chi connectivity index (χ0v) is 10.3. The Labute approximate surface area is 94.2 Å². The van der Waals surface area contributed by atoms with E-state index in [0.717, 1.165) is 18.0 Å². The van der Waals surface area contributed by atoms with Crippen LogP contribution in [0.3, 0.4) is 0 Å². The standard InChI is InChI=1S/C13H26N2/c1-10-5-4-8-15(11(10)2)13-7-3-6-12(14)9-13/h10-13H,3-9,14H2,1-2H3. The fourth-order valence-electron chi connectivity index (χ4n) is 3.38. The summed E-state index contributed by atoms with van der Waals surface area (Å²) in [7, 11) is 0. The second-order valence-corrected chi connectivity index (χ2v) is 5.68. The molecular formula is C13H26N2. The van der Waals surface area contributed by atoms with Crippen LogP contribution in [-0.4, -0.2) is 29.6 Å². The number of hydrogen-bond acceptors (Lipinski definition) is 2. The van der Waals surface area contributed by atoms with Crippen molar-refractivity contribution >= 4 is 0 Å². The number of rotatable bonds is 1. The minimum atomic E-state index is 0.466. The van der Waals surface area contributed by atoms with Gasteiger partial charge in [0.15, 0.2) is 0 Å². The molecule has 0 bridgehead atoms. The normalized spacial score (nSPS) is 44.2. The van der Waals surface area contributed by atoms with Crippen molar-refractivity contribution < 1.29 is 0 Å². The average Bonchev–Trinajstić information content (AvgIpc) is 2.22. The van der Waals surface area contributed by atoms with Gasteiger partial charge in [0.05, 0.1) is 0 Å². The van der Waals surface area contributed by atoms with E-state index in [9.17, 15) is 0 Å². The predicted octanol–water partition coefficient (Wildman–Crippen LogP) is 2.38. The van der Waals surface area contributed by atoms with Gasteiger partial charge in [0.25, 0.3) is 0 Å². The third-order valence-electron chi connectivity index (χ3n) is 4.58. The first kappa shape index (κ1) is 11.4. The van der Waals surface area contributed by atoms with E-state index < -0.39 is 0 Å². The highest BCUT2D eigenvalue weighted by atomic mass is 15.2. The lowest BCUT2D eigenvalue weighted by Crippen LogP contribution is -2.51. The fourth-order valence-corrected chi connectivity index (χ4v) is 3.38. The minimum Gasteiger partial charge on any atom is -0.328 e. The van der Waals surface area contributed by atoms with Crippen molar-refractivity contribution in [1.29, 1.82) is 0 Å². The third-order valence-corrected chi connectivity index (χ3v) is 4.58. The molecule has 2 heteroatoms. The Kier molecular flexibility index (Phi) is 3.68. The lowest BCUT2D eigenvalue weighted by molar-refractivity contribution is 0.0469. The van der Waals surface area contributed by atoms with E-state index in [1.807, 2.05) is 0 Å². The van der Waals surface area contributed by atoms with Crippen LogP contribution in [0.4, 0.5) is 0 Å². The SMILES string of the molecule is CC1CCCN(C2CCCC(N)C2)C1C. The van der Waals surface area contributed by atoms with Gasteiger partial charge in [-0.1, -0.05) is 13.3 Å². The maximum absolute atomic E-state index is 6.09. The molecule has 2 aliphatic rings. The van der Waals surface area contributed by atoms with Crippen molar-refractivity contribution in [2.75, 3.05) is 6.54 Å². The molecule has 0 spiro atoms. The van der Waals surface area contributed by atoms with Gasteiger partial charge in [-0.05, 0) is 51.5 Å². The number of piperidine rings is 1. The van der Waals surface area contributed by atoms with Crippen LogP contribution in [-0.2, 0) is 0 Å². The van der Waals surface area contributed by atoms with Crippen molar-refractivity contribution in [3.63, 3.8) is 0 Å². The molecule has 2 nitrogen and oxygen atoms in total. The Morgan fingerprint density at radius 3 is 2.60 bits per heavy atom. The van der Waals surface area contributed by atoms with E-state index in [0.29, 0.717) is 6.04 Å². The predicted molar refractivity (Wildman–Crippen MR) is 64.8 cm³/mol. The number of nitrogens with two attached hydrogens (primary N) is 1. The van der Waals surface area contributed by atoms with Gasteiger partial charge < -0.3 is 5.73 Å². The number of hydrogen-bond donors (Lipinski definition) is 1. The first-order chi connectivity index (χ1) is 7.18. The number of nitrogens with zero attached hydrogens (tertiary/aromatic N) is 1. The summed E-state index contributed by atoms with van der Waals surface area (Å²) in [6.07, 6.45) is 7.99. The Morgan fingerprint density at radius 2 is 1.87 bits per heavy atom. The van der Waals surface area contributed by atoms with Crippen LogP contribution >= 0.6 is 0 Å². The van der Waals surface area contributed by atoms with E-state index in [1.54, 1.807) is 0 Å². The van der Waals surface area contributed by atoms with Gasteiger partial charge in [-0.3, -0.25) is 4.90 Å². The molecule has 2 rings (SSSR count). The summed E-state index contributed by atoms with van der Waals surface area (Å²) < 4.78 is 0. The van der Waals surface area contributed by atoms with Gasteiger partial charge in [0, 0.05) is 18.1 Å². The molecule has 4 unspecified atom stereocenters. The van der Waals surface area contributed by atoms with Gasteiger partial charge in [0.1, 0.15) is 0 Å². The maximum atomic E-state index is 6.09. The first-order valence-corrected chi connectivity index (χ1v) is 6.70. The van der Waals surface area contributed by atoms with Crippen LogP contribution in [0.2, 0.25) is 0 Å².